The van der Waals surface area contributed by atoms with E-state index < -0.39 is 6.04 Å². The van der Waals surface area contributed by atoms with Crippen molar-refractivity contribution in [1.29, 1.82) is 0 Å². The summed E-state index contributed by atoms with van der Waals surface area (Å²) < 4.78 is 5.02. The molecular weight excluding hydrogens is 348 g/mol. The van der Waals surface area contributed by atoms with Crippen molar-refractivity contribution in [3.8, 4) is 0 Å². The Kier molecular flexibility index (Phi) is 6.49. The molecule has 2 saturated heterocycles. The fourth-order valence-electron chi connectivity index (χ4n) is 3.22. The lowest BCUT2D eigenvalue weighted by Crippen LogP contribution is -2.57. The monoisotopic (exact) mass is 376 g/mol. The molecule has 9 heteroatoms. The number of nitrogens with zero attached hydrogens (tertiary/aromatic N) is 2. The molecule has 2 atom stereocenters. The van der Waals surface area contributed by atoms with Gasteiger partial charge in [-0.25, -0.2) is 15.6 Å². The molecular formula is C18H28N6O3. The lowest BCUT2D eigenvalue weighted by molar-refractivity contribution is -0.135. The summed E-state index contributed by atoms with van der Waals surface area (Å²) in [6.45, 7) is 6.20. The van der Waals surface area contributed by atoms with Crippen LogP contribution in [0.15, 0.2) is 24.3 Å². The smallest absolute Gasteiger partial charge is 0.409 e. The Morgan fingerprint density at radius 2 is 1.74 bits per heavy atom. The molecule has 2 fully saturated rings. The SMILES string of the molecule is CCOC(=O)N1CCN(C(=O)C2NNNC2Nc2ccc(CC)cc2)CC1. The number of amides is 2. The molecule has 0 radical (unpaired) electrons. The second-order valence-corrected chi connectivity index (χ2v) is 6.58. The fraction of sp³-hybridized carbons (Fsp3) is 0.556. The van der Waals surface area contributed by atoms with Crippen molar-refractivity contribution in [3.63, 3.8) is 0 Å². The third kappa shape index (κ3) is 4.68. The highest BCUT2D eigenvalue weighted by atomic mass is 16.6. The third-order valence-electron chi connectivity index (χ3n) is 4.86. The minimum Gasteiger partial charge on any atom is -0.450 e. The van der Waals surface area contributed by atoms with Crippen LogP contribution < -0.4 is 21.7 Å². The maximum atomic E-state index is 12.9. The summed E-state index contributed by atoms with van der Waals surface area (Å²) in [5, 5.41) is 3.34. The van der Waals surface area contributed by atoms with Crippen molar-refractivity contribution in [3.05, 3.63) is 29.8 Å². The number of hydrazine groups is 2. The molecule has 0 aromatic heterocycles. The van der Waals surface area contributed by atoms with E-state index in [1.54, 1.807) is 16.7 Å². The van der Waals surface area contributed by atoms with Crippen LogP contribution >= 0.6 is 0 Å². The molecule has 0 spiro atoms. The number of anilines is 1. The normalized spacial score (nSPS) is 22.6. The van der Waals surface area contributed by atoms with Gasteiger partial charge in [0.05, 0.1) is 6.61 Å². The van der Waals surface area contributed by atoms with E-state index in [4.69, 9.17) is 4.74 Å². The van der Waals surface area contributed by atoms with E-state index in [0.29, 0.717) is 32.8 Å². The number of hydrogen-bond acceptors (Lipinski definition) is 7. The summed E-state index contributed by atoms with van der Waals surface area (Å²) in [6, 6.07) is 7.72. The molecule has 2 aliphatic rings. The number of carbonyl (C=O) groups excluding carboxylic acids is 2. The second-order valence-electron chi connectivity index (χ2n) is 6.58. The minimum absolute atomic E-state index is 0.0151. The molecule has 0 saturated carbocycles. The Balaban J connectivity index is 1.55. The van der Waals surface area contributed by atoms with E-state index in [1.165, 1.54) is 5.56 Å². The zero-order valence-corrected chi connectivity index (χ0v) is 15.8. The first-order valence-electron chi connectivity index (χ1n) is 9.44. The van der Waals surface area contributed by atoms with Crippen LogP contribution in [0.4, 0.5) is 10.5 Å². The number of piperazine rings is 1. The molecule has 2 amide bonds. The van der Waals surface area contributed by atoms with E-state index in [2.05, 4.69) is 40.8 Å². The summed E-state index contributed by atoms with van der Waals surface area (Å²) in [6.07, 6.45) is 0.388. The Morgan fingerprint density at radius 1 is 1.07 bits per heavy atom. The summed E-state index contributed by atoms with van der Waals surface area (Å²) >= 11 is 0. The Bertz CT molecular complexity index is 645. The van der Waals surface area contributed by atoms with Crippen LogP contribution in [-0.2, 0) is 16.0 Å². The lowest BCUT2D eigenvalue weighted by atomic mass is 10.1. The average molecular weight is 376 g/mol. The van der Waals surface area contributed by atoms with Gasteiger partial charge in [-0.15, -0.1) is 0 Å². The van der Waals surface area contributed by atoms with Crippen LogP contribution in [0.2, 0.25) is 0 Å². The van der Waals surface area contributed by atoms with Crippen molar-refractivity contribution < 1.29 is 14.3 Å². The molecule has 0 aliphatic carbocycles. The fourth-order valence-corrected chi connectivity index (χ4v) is 3.22. The highest BCUT2D eigenvalue weighted by molar-refractivity contribution is 5.83. The molecule has 1 aromatic rings. The van der Waals surface area contributed by atoms with Gasteiger partial charge in [0.2, 0.25) is 5.91 Å². The largest absolute Gasteiger partial charge is 0.450 e. The topological polar surface area (TPSA) is 98.0 Å². The van der Waals surface area contributed by atoms with Gasteiger partial charge in [0.15, 0.2) is 0 Å². The molecule has 2 aliphatic heterocycles. The number of rotatable bonds is 5. The summed E-state index contributed by atoms with van der Waals surface area (Å²) in [4.78, 5) is 28.1. The standard InChI is InChI=1S/C18H28N6O3/c1-3-13-5-7-14(8-6-13)19-16-15(20-22-21-16)17(25)23-9-11-24(12-10-23)18(26)27-4-2/h5-8,15-16,19-22H,3-4,9-12H2,1-2H3. The van der Waals surface area contributed by atoms with Crippen LogP contribution in [0.3, 0.4) is 0 Å². The molecule has 4 N–H and O–H groups in total. The molecule has 148 valence electrons. The molecule has 2 unspecified atom stereocenters. The number of carbonyl (C=O) groups is 2. The first-order chi connectivity index (χ1) is 13.1. The van der Waals surface area contributed by atoms with Gasteiger partial charge >= 0.3 is 6.09 Å². The van der Waals surface area contributed by atoms with Crippen LogP contribution in [-0.4, -0.2) is 66.8 Å². The van der Waals surface area contributed by atoms with E-state index in [1.807, 2.05) is 12.1 Å². The number of benzene rings is 1. The van der Waals surface area contributed by atoms with Gasteiger partial charge in [0.1, 0.15) is 12.2 Å². The summed E-state index contributed by atoms with van der Waals surface area (Å²) in [5.74, 6) is -0.0151. The molecule has 0 bridgehead atoms. The Labute approximate surface area is 159 Å². The third-order valence-corrected chi connectivity index (χ3v) is 4.86. The summed E-state index contributed by atoms with van der Waals surface area (Å²) in [5.41, 5.74) is 11.1. The molecule has 2 heterocycles. The maximum Gasteiger partial charge on any atom is 0.409 e. The first kappa shape index (κ1) is 19.4. The molecule has 9 nitrogen and oxygen atoms in total. The molecule has 1 aromatic carbocycles. The Hall–Kier alpha value is -2.36. The quantitative estimate of drug-likeness (QED) is 0.586. The second kappa shape index (κ2) is 9.03. The number of nitrogens with one attached hydrogen (secondary N) is 4. The zero-order valence-electron chi connectivity index (χ0n) is 15.8. The average Bonchev–Trinajstić information content (AvgIpc) is 3.16. The lowest BCUT2D eigenvalue weighted by Gasteiger charge is -2.35. The number of aryl methyl sites for hydroxylation is 1. The van der Waals surface area contributed by atoms with Crippen molar-refractivity contribution in [1.82, 2.24) is 26.2 Å². The van der Waals surface area contributed by atoms with Crippen molar-refractivity contribution in [2.75, 3.05) is 38.1 Å². The zero-order chi connectivity index (χ0) is 19.2. The van der Waals surface area contributed by atoms with Crippen LogP contribution in [0.5, 0.6) is 0 Å². The molecule has 27 heavy (non-hydrogen) atoms. The van der Waals surface area contributed by atoms with E-state index >= 15 is 0 Å². The van der Waals surface area contributed by atoms with Gasteiger partial charge in [-0.05, 0) is 31.0 Å². The van der Waals surface area contributed by atoms with E-state index in [0.717, 1.165) is 12.1 Å². The van der Waals surface area contributed by atoms with E-state index in [9.17, 15) is 9.59 Å². The predicted molar refractivity (Wildman–Crippen MR) is 102 cm³/mol. The van der Waals surface area contributed by atoms with Gasteiger partial charge in [0, 0.05) is 31.9 Å². The van der Waals surface area contributed by atoms with Crippen molar-refractivity contribution in [2.45, 2.75) is 32.5 Å². The summed E-state index contributed by atoms with van der Waals surface area (Å²) in [7, 11) is 0. The van der Waals surface area contributed by atoms with Crippen molar-refractivity contribution >= 4 is 17.7 Å². The van der Waals surface area contributed by atoms with Crippen LogP contribution in [0.1, 0.15) is 19.4 Å². The van der Waals surface area contributed by atoms with Gasteiger partial charge in [-0.2, -0.15) is 5.53 Å². The first-order valence-corrected chi connectivity index (χ1v) is 9.44. The van der Waals surface area contributed by atoms with E-state index in [-0.39, 0.29) is 18.2 Å². The van der Waals surface area contributed by atoms with Crippen LogP contribution in [0.25, 0.3) is 0 Å². The highest BCUT2D eigenvalue weighted by Gasteiger charge is 2.37. The van der Waals surface area contributed by atoms with Gasteiger partial charge in [-0.1, -0.05) is 19.1 Å². The van der Waals surface area contributed by atoms with Gasteiger partial charge < -0.3 is 19.9 Å². The van der Waals surface area contributed by atoms with Gasteiger partial charge in [0.25, 0.3) is 0 Å². The minimum atomic E-state index is -0.454. The molecule has 3 rings (SSSR count). The maximum absolute atomic E-state index is 12.9. The van der Waals surface area contributed by atoms with Crippen molar-refractivity contribution in [2.24, 2.45) is 0 Å². The van der Waals surface area contributed by atoms with Crippen LogP contribution in [0, 0.1) is 0 Å². The number of hydrogen-bond donors (Lipinski definition) is 4. The highest BCUT2D eigenvalue weighted by Crippen LogP contribution is 2.14. The van der Waals surface area contributed by atoms with Gasteiger partial charge in [-0.3, -0.25) is 4.79 Å². The number of ether oxygens (including phenoxy) is 1. The Morgan fingerprint density at radius 3 is 2.37 bits per heavy atom. The predicted octanol–water partition coefficient (Wildman–Crippen LogP) is 0.269.